The molecule has 100 valence electrons. The first-order valence-corrected chi connectivity index (χ1v) is 7.29. The van der Waals surface area contributed by atoms with Gasteiger partial charge >= 0.3 is 0 Å². The van der Waals surface area contributed by atoms with Gasteiger partial charge in [-0.2, -0.15) is 0 Å². The average Bonchev–Trinajstić information content (AvgIpc) is 3.20. The summed E-state index contributed by atoms with van der Waals surface area (Å²) in [6.45, 7) is 5.54. The number of rotatable bonds is 8. The van der Waals surface area contributed by atoms with E-state index in [1.165, 1.54) is 30.4 Å². The maximum absolute atomic E-state index is 3.49. The average molecular weight is 246 g/mol. The zero-order valence-electron chi connectivity index (χ0n) is 11.8. The van der Waals surface area contributed by atoms with Crippen molar-refractivity contribution in [3.05, 3.63) is 35.4 Å². The standard InChI is InChI=1S/C16H26N2/c1-3-11-17-12-10-14-6-4-5-7-15(14)13-18(2)16-8-9-16/h4-7,16-17H,3,8-13H2,1-2H3. The van der Waals surface area contributed by atoms with Crippen LogP contribution < -0.4 is 5.32 Å². The molecule has 1 aliphatic carbocycles. The molecule has 18 heavy (non-hydrogen) atoms. The molecule has 1 fully saturated rings. The first-order valence-electron chi connectivity index (χ1n) is 7.29. The van der Waals surface area contributed by atoms with Crippen LogP contribution in [0.5, 0.6) is 0 Å². The molecule has 0 bridgehead atoms. The van der Waals surface area contributed by atoms with E-state index in [9.17, 15) is 0 Å². The molecule has 2 heteroatoms. The number of hydrogen-bond donors (Lipinski definition) is 1. The van der Waals surface area contributed by atoms with Gasteiger partial charge in [0.15, 0.2) is 0 Å². The van der Waals surface area contributed by atoms with Crippen LogP contribution in [0.2, 0.25) is 0 Å². The Kier molecular flexibility index (Phi) is 5.21. The molecule has 0 atom stereocenters. The highest BCUT2D eigenvalue weighted by molar-refractivity contribution is 5.27. The van der Waals surface area contributed by atoms with Crippen molar-refractivity contribution in [2.45, 2.75) is 45.2 Å². The molecule has 1 N–H and O–H groups in total. The van der Waals surface area contributed by atoms with E-state index in [0.717, 1.165) is 32.1 Å². The summed E-state index contributed by atoms with van der Waals surface area (Å²) in [5.74, 6) is 0. The molecular weight excluding hydrogens is 220 g/mol. The Morgan fingerprint density at radius 2 is 1.89 bits per heavy atom. The first kappa shape index (κ1) is 13.6. The van der Waals surface area contributed by atoms with Gasteiger partial charge < -0.3 is 5.32 Å². The Morgan fingerprint density at radius 1 is 1.17 bits per heavy atom. The summed E-state index contributed by atoms with van der Waals surface area (Å²) in [6, 6.07) is 9.74. The van der Waals surface area contributed by atoms with E-state index in [1.54, 1.807) is 0 Å². The molecule has 0 unspecified atom stereocenters. The third kappa shape index (κ3) is 4.11. The lowest BCUT2D eigenvalue weighted by Crippen LogP contribution is -2.22. The molecule has 0 amide bonds. The van der Waals surface area contributed by atoms with Crippen LogP contribution >= 0.6 is 0 Å². The summed E-state index contributed by atoms with van der Waals surface area (Å²) < 4.78 is 0. The molecule has 0 aliphatic heterocycles. The molecule has 0 saturated heterocycles. The van der Waals surface area contributed by atoms with E-state index in [4.69, 9.17) is 0 Å². The fourth-order valence-electron chi connectivity index (χ4n) is 2.39. The van der Waals surface area contributed by atoms with Gasteiger partial charge in [-0.1, -0.05) is 31.2 Å². The van der Waals surface area contributed by atoms with Gasteiger partial charge in [0.05, 0.1) is 0 Å². The van der Waals surface area contributed by atoms with E-state index in [1.807, 2.05) is 0 Å². The van der Waals surface area contributed by atoms with E-state index >= 15 is 0 Å². The van der Waals surface area contributed by atoms with Gasteiger partial charge in [0.25, 0.3) is 0 Å². The lowest BCUT2D eigenvalue weighted by molar-refractivity contribution is 0.315. The predicted molar refractivity (Wildman–Crippen MR) is 77.8 cm³/mol. The molecular formula is C16H26N2. The van der Waals surface area contributed by atoms with Crippen molar-refractivity contribution in [1.29, 1.82) is 0 Å². The van der Waals surface area contributed by atoms with Crippen molar-refractivity contribution in [2.24, 2.45) is 0 Å². The summed E-state index contributed by atoms with van der Waals surface area (Å²) in [5.41, 5.74) is 3.01. The van der Waals surface area contributed by atoms with Crippen LogP contribution in [-0.2, 0) is 13.0 Å². The molecule has 0 spiro atoms. The fourth-order valence-corrected chi connectivity index (χ4v) is 2.39. The van der Waals surface area contributed by atoms with Gasteiger partial charge in [-0.15, -0.1) is 0 Å². The molecule has 0 radical (unpaired) electrons. The summed E-state index contributed by atoms with van der Waals surface area (Å²) in [5, 5.41) is 3.49. The van der Waals surface area contributed by atoms with E-state index in [0.29, 0.717) is 0 Å². The Labute approximate surface area is 111 Å². The number of hydrogen-bond acceptors (Lipinski definition) is 2. The molecule has 1 aromatic rings. The van der Waals surface area contributed by atoms with E-state index < -0.39 is 0 Å². The van der Waals surface area contributed by atoms with Gasteiger partial charge in [0, 0.05) is 12.6 Å². The van der Waals surface area contributed by atoms with Crippen LogP contribution in [0.25, 0.3) is 0 Å². The Balaban J connectivity index is 1.87. The second-order valence-electron chi connectivity index (χ2n) is 5.41. The Morgan fingerprint density at radius 3 is 2.56 bits per heavy atom. The quantitative estimate of drug-likeness (QED) is 0.710. The Hall–Kier alpha value is -0.860. The maximum Gasteiger partial charge on any atom is 0.0236 e. The lowest BCUT2D eigenvalue weighted by Gasteiger charge is -2.18. The number of benzene rings is 1. The molecule has 2 rings (SSSR count). The van der Waals surface area contributed by atoms with E-state index in [-0.39, 0.29) is 0 Å². The monoisotopic (exact) mass is 246 g/mol. The van der Waals surface area contributed by atoms with Crippen LogP contribution in [0.1, 0.15) is 37.3 Å². The van der Waals surface area contributed by atoms with Crippen molar-refractivity contribution >= 4 is 0 Å². The molecule has 2 nitrogen and oxygen atoms in total. The highest BCUT2D eigenvalue weighted by Gasteiger charge is 2.26. The second kappa shape index (κ2) is 6.91. The summed E-state index contributed by atoms with van der Waals surface area (Å²) >= 11 is 0. The zero-order valence-corrected chi connectivity index (χ0v) is 11.8. The summed E-state index contributed by atoms with van der Waals surface area (Å²) in [7, 11) is 2.25. The van der Waals surface area contributed by atoms with E-state index in [2.05, 4.69) is 48.5 Å². The van der Waals surface area contributed by atoms with Gasteiger partial charge in [-0.25, -0.2) is 0 Å². The number of nitrogens with one attached hydrogen (secondary N) is 1. The van der Waals surface area contributed by atoms with Gasteiger partial charge in [-0.05, 0) is 56.9 Å². The van der Waals surface area contributed by atoms with Crippen molar-refractivity contribution in [1.82, 2.24) is 10.2 Å². The van der Waals surface area contributed by atoms with Gasteiger partial charge in [0.1, 0.15) is 0 Å². The number of nitrogens with zero attached hydrogens (tertiary/aromatic N) is 1. The zero-order chi connectivity index (χ0) is 12.8. The largest absolute Gasteiger partial charge is 0.316 e. The lowest BCUT2D eigenvalue weighted by atomic mass is 10.0. The molecule has 1 aliphatic rings. The van der Waals surface area contributed by atoms with Crippen LogP contribution in [-0.4, -0.2) is 31.1 Å². The summed E-state index contributed by atoms with van der Waals surface area (Å²) in [4.78, 5) is 2.50. The third-order valence-corrected chi connectivity index (χ3v) is 3.71. The van der Waals surface area contributed by atoms with Crippen LogP contribution in [0.15, 0.2) is 24.3 Å². The molecule has 0 heterocycles. The normalized spacial score (nSPS) is 15.3. The highest BCUT2D eigenvalue weighted by Crippen LogP contribution is 2.27. The molecule has 0 aromatic heterocycles. The predicted octanol–water partition coefficient (Wildman–Crippen LogP) is 2.82. The van der Waals surface area contributed by atoms with Crippen molar-refractivity contribution in [3.63, 3.8) is 0 Å². The van der Waals surface area contributed by atoms with Crippen molar-refractivity contribution in [3.8, 4) is 0 Å². The third-order valence-electron chi connectivity index (χ3n) is 3.71. The van der Waals surface area contributed by atoms with Crippen LogP contribution in [0, 0.1) is 0 Å². The molecule has 1 aromatic carbocycles. The summed E-state index contributed by atoms with van der Waals surface area (Å²) in [6.07, 6.45) is 5.13. The minimum atomic E-state index is 0.844. The minimum Gasteiger partial charge on any atom is -0.316 e. The van der Waals surface area contributed by atoms with Gasteiger partial charge in [0.2, 0.25) is 0 Å². The van der Waals surface area contributed by atoms with Gasteiger partial charge in [-0.3, -0.25) is 4.90 Å². The Bertz CT molecular complexity index is 358. The maximum atomic E-state index is 3.49. The van der Waals surface area contributed by atoms with Crippen LogP contribution in [0.4, 0.5) is 0 Å². The minimum absolute atomic E-state index is 0.844. The second-order valence-corrected chi connectivity index (χ2v) is 5.41. The molecule has 1 saturated carbocycles. The topological polar surface area (TPSA) is 15.3 Å². The smallest absolute Gasteiger partial charge is 0.0236 e. The first-order chi connectivity index (χ1) is 8.81. The van der Waals surface area contributed by atoms with Crippen LogP contribution in [0.3, 0.4) is 0 Å². The highest BCUT2D eigenvalue weighted by atomic mass is 15.1. The van der Waals surface area contributed by atoms with Crippen molar-refractivity contribution < 1.29 is 0 Å². The fraction of sp³-hybridized carbons (Fsp3) is 0.625. The SMILES string of the molecule is CCCNCCc1ccccc1CN(C)C1CC1. The van der Waals surface area contributed by atoms with Crippen molar-refractivity contribution in [2.75, 3.05) is 20.1 Å².